The fraction of sp³-hybridized carbons (Fsp3) is 0.125. The molecule has 6 heteroatoms. The molecule has 3 rings (SSSR count). The zero-order valence-corrected chi connectivity index (χ0v) is 12.3. The number of anilines is 2. The molecule has 1 heterocycles. The summed E-state index contributed by atoms with van der Waals surface area (Å²) in [6, 6.07) is 13.0. The average molecular weight is 316 g/mol. The first-order chi connectivity index (χ1) is 10.6. The van der Waals surface area contributed by atoms with Crippen molar-refractivity contribution in [3.63, 3.8) is 0 Å². The monoisotopic (exact) mass is 316 g/mol. The molecule has 4 nitrogen and oxygen atoms in total. The maximum Gasteiger partial charge on any atom is 0.238 e. The average Bonchev–Trinajstić information content (AvgIpc) is 2.50. The minimum atomic E-state index is -0.477. The number of para-hydroxylation sites is 1. The summed E-state index contributed by atoms with van der Waals surface area (Å²) < 4.78 is 12.8. The Labute approximate surface area is 131 Å². The van der Waals surface area contributed by atoms with E-state index in [4.69, 9.17) is 0 Å². The van der Waals surface area contributed by atoms with Gasteiger partial charge in [-0.15, -0.1) is 11.8 Å². The Bertz CT molecular complexity index is 718. The van der Waals surface area contributed by atoms with Crippen molar-refractivity contribution in [1.29, 1.82) is 0 Å². The Morgan fingerprint density at radius 1 is 1.18 bits per heavy atom. The van der Waals surface area contributed by atoms with Gasteiger partial charge in [-0.3, -0.25) is 9.59 Å². The second kappa shape index (κ2) is 6.19. The number of nitrogens with one attached hydrogen (secondary N) is 2. The van der Waals surface area contributed by atoms with Crippen molar-refractivity contribution in [3.05, 3.63) is 54.3 Å². The van der Waals surface area contributed by atoms with Crippen LogP contribution in [-0.4, -0.2) is 17.1 Å². The first-order valence-corrected chi connectivity index (χ1v) is 7.62. The van der Waals surface area contributed by atoms with Gasteiger partial charge in [0.2, 0.25) is 11.8 Å². The van der Waals surface area contributed by atoms with Crippen molar-refractivity contribution in [3.8, 4) is 0 Å². The second-order valence-electron chi connectivity index (χ2n) is 4.85. The summed E-state index contributed by atoms with van der Waals surface area (Å²) in [5.74, 6) is -0.826. The van der Waals surface area contributed by atoms with E-state index in [0.29, 0.717) is 5.69 Å². The van der Waals surface area contributed by atoms with Crippen molar-refractivity contribution in [2.24, 2.45) is 0 Å². The predicted molar refractivity (Wildman–Crippen MR) is 84.4 cm³/mol. The van der Waals surface area contributed by atoms with Gasteiger partial charge in [-0.2, -0.15) is 0 Å². The molecular weight excluding hydrogens is 303 g/mol. The van der Waals surface area contributed by atoms with Crippen molar-refractivity contribution in [2.45, 2.75) is 16.6 Å². The molecule has 1 aliphatic rings. The highest BCUT2D eigenvalue weighted by atomic mass is 32.2. The summed E-state index contributed by atoms with van der Waals surface area (Å²) in [7, 11) is 0. The van der Waals surface area contributed by atoms with Gasteiger partial charge in [0.15, 0.2) is 0 Å². The lowest BCUT2D eigenvalue weighted by molar-refractivity contribution is -0.120. The van der Waals surface area contributed by atoms with Gasteiger partial charge in [0.1, 0.15) is 5.82 Å². The standard InChI is InChI=1S/C16H13FN2O2S/c17-10-5-7-11(8-6-10)18-15(20)9-14-16(21)19-12-3-1-2-4-13(12)22-14/h1-8,14H,9H2,(H,18,20)(H,19,21). The van der Waals surface area contributed by atoms with E-state index in [2.05, 4.69) is 10.6 Å². The maximum absolute atomic E-state index is 12.8. The van der Waals surface area contributed by atoms with Gasteiger partial charge in [-0.1, -0.05) is 12.1 Å². The number of rotatable bonds is 3. The van der Waals surface area contributed by atoms with Crippen LogP contribution in [-0.2, 0) is 9.59 Å². The van der Waals surface area contributed by atoms with E-state index in [9.17, 15) is 14.0 Å². The van der Waals surface area contributed by atoms with Crippen LogP contribution in [0.15, 0.2) is 53.4 Å². The lowest BCUT2D eigenvalue weighted by Gasteiger charge is -2.23. The summed E-state index contributed by atoms with van der Waals surface area (Å²) in [5.41, 5.74) is 1.28. The molecule has 1 aliphatic heterocycles. The van der Waals surface area contributed by atoms with Gasteiger partial charge in [0.25, 0.3) is 0 Å². The van der Waals surface area contributed by atoms with E-state index in [1.54, 1.807) is 0 Å². The van der Waals surface area contributed by atoms with Crippen LogP contribution in [0.5, 0.6) is 0 Å². The zero-order chi connectivity index (χ0) is 15.5. The smallest absolute Gasteiger partial charge is 0.238 e. The molecule has 0 aliphatic carbocycles. The number of carbonyl (C=O) groups is 2. The maximum atomic E-state index is 12.8. The molecule has 2 aromatic carbocycles. The fourth-order valence-electron chi connectivity index (χ4n) is 2.14. The molecule has 1 unspecified atom stereocenters. The van der Waals surface area contributed by atoms with Crippen LogP contribution in [0.4, 0.5) is 15.8 Å². The van der Waals surface area contributed by atoms with Crippen LogP contribution in [0.1, 0.15) is 6.42 Å². The number of fused-ring (bicyclic) bond motifs is 1. The van der Waals surface area contributed by atoms with Gasteiger partial charge in [-0.25, -0.2) is 4.39 Å². The lowest BCUT2D eigenvalue weighted by atomic mass is 10.2. The number of hydrogen-bond donors (Lipinski definition) is 2. The Morgan fingerprint density at radius 2 is 1.91 bits per heavy atom. The topological polar surface area (TPSA) is 58.2 Å². The number of halogens is 1. The van der Waals surface area contributed by atoms with Crippen molar-refractivity contribution < 1.29 is 14.0 Å². The van der Waals surface area contributed by atoms with E-state index < -0.39 is 5.25 Å². The van der Waals surface area contributed by atoms with Gasteiger partial charge in [0.05, 0.1) is 10.9 Å². The molecule has 0 aromatic heterocycles. The Balaban J connectivity index is 1.64. The van der Waals surface area contributed by atoms with Crippen molar-refractivity contribution in [1.82, 2.24) is 0 Å². The van der Waals surface area contributed by atoms with Crippen LogP contribution in [0.2, 0.25) is 0 Å². The summed E-state index contributed by atoms with van der Waals surface area (Å²) in [6.07, 6.45) is 0.0577. The number of benzene rings is 2. The predicted octanol–water partition coefficient (Wildman–Crippen LogP) is 3.27. The molecule has 0 saturated carbocycles. The van der Waals surface area contributed by atoms with E-state index in [0.717, 1.165) is 10.6 Å². The van der Waals surface area contributed by atoms with Gasteiger partial charge in [0, 0.05) is 17.0 Å². The summed E-state index contributed by atoms with van der Waals surface area (Å²) in [5, 5.41) is 4.98. The highest BCUT2D eigenvalue weighted by molar-refractivity contribution is 8.01. The Morgan fingerprint density at radius 3 is 2.68 bits per heavy atom. The molecule has 0 fully saturated rings. The summed E-state index contributed by atoms with van der Waals surface area (Å²) in [6.45, 7) is 0. The Hall–Kier alpha value is -2.34. The number of carbonyl (C=O) groups excluding carboxylic acids is 2. The molecule has 2 amide bonds. The normalized spacial score (nSPS) is 16.6. The highest BCUT2D eigenvalue weighted by Crippen LogP contribution is 2.36. The third-order valence-corrected chi connectivity index (χ3v) is 4.48. The first-order valence-electron chi connectivity index (χ1n) is 6.74. The SMILES string of the molecule is O=C(CC1Sc2ccccc2NC1=O)Nc1ccc(F)cc1. The third-order valence-electron chi connectivity index (χ3n) is 3.21. The molecule has 0 radical (unpaired) electrons. The van der Waals surface area contributed by atoms with Gasteiger partial charge in [-0.05, 0) is 36.4 Å². The van der Waals surface area contributed by atoms with E-state index in [1.165, 1.54) is 36.0 Å². The van der Waals surface area contributed by atoms with Gasteiger partial charge >= 0.3 is 0 Å². The fourth-order valence-corrected chi connectivity index (χ4v) is 3.25. The quantitative estimate of drug-likeness (QED) is 0.914. The van der Waals surface area contributed by atoms with Crippen LogP contribution in [0.3, 0.4) is 0 Å². The third kappa shape index (κ3) is 3.28. The molecular formula is C16H13FN2O2S. The number of thioether (sulfide) groups is 1. The minimum absolute atomic E-state index is 0.0577. The van der Waals surface area contributed by atoms with E-state index >= 15 is 0 Å². The molecule has 2 aromatic rings. The number of amides is 2. The zero-order valence-electron chi connectivity index (χ0n) is 11.5. The molecule has 0 bridgehead atoms. The van der Waals surface area contributed by atoms with Crippen molar-refractivity contribution >= 4 is 35.0 Å². The van der Waals surface area contributed by atoms with E-state index in [1.807, 2.05) is 24.3 Å². The van der Waals surface area contributed by atoms with Gasteiger partial charge < -0.3 is 10.6 Å². The van der Waals surface area contributed by atoms with Crippen LogP contribution >= 0.6 is 11.8 Å². The summed E-state index contributed by atoms with van der Waals surface area (Å²) >= 11 is 1.37. The first kappa shape index (κ1) is 14.6. The molecule has 1 atom stereocenters. The highest BCUT2D eigenvalue weighted by Gasteiger charge is 2.28. The molecule has 2 N–H and O–H groups in total. The second-order valence-corrected chi connectivity index (χ2v) is 6.10. The molecule has 0 spiro atoms. The van der Waals surface area contributed by atoms with E-state index in [-0.39, 0.29) is 24.1 Å². The lowest BCUT2D eigenvalue weighted by Crippen LogP contribution is -2.32. The van der Waals surface area contributed by atoms with Crippen molar-refractivity contribution in [2.75, 3.05) is 10.6 Å². The largest absolute Gasteiger partial charge is 0.326 e. The molecule has 112 valence electrons. The van der Waals surface area contributed by atoms with Crippen LogP contribution in [0, 0.1) is 5.82 Å². The summed E-state index contributed by atoms with van der Waals surface area (Å²) in [4.78, 5) is 25.0. The Kier molecular flexibility index (Phi) is 4.11. The minimum Gasteiger partial charge on any atom is -0.326 e. The molecule has 0 saturated heterocycles. The molecule has 22 heavy (non-hydrogen) atoms. The number of hydrogen-bond acceptors (Lipinski definition) is 3. The van der Waals surface area contributed by atoms with Crippen LogP contribution in [0.25, 0.3) is 0 Å². The van der Waals surface area contributed by atoms with Crippen LogP contribution < -0.4 is 10.6 Å².